The number of fused-ring (bicyclic) bond motifs is 1. The Bertz CT molecular complexity index is 672. The minimum absolute atomic E-state index is 0.112. The van der Waals surface area contributed by atoms with Crippen LogP contribution in [0.4, 0.5) is 4.39 Å². The summed E-state index contributed by atoms with van der Waals surface area (Å²) >= 11 is 3.59. The maximum atomic E-state index is 13.0. The lowest BCUT2D eigenvalue weighted by Gasteiger charge is -2.13. The fraction of sp³-hybridized carbons (Fsp3) is 0.188. The van der Waals surface area contributed by atoms with Gasteiger partial charge in [-0.15, -0.1) is 0 Å². The van der Waals surface area contributed by atoms with Crippen molar-refractivity contribution in [1.82, 2.24) is 5.32 Å². The average Bonchev–Trinajstić information content (AvgIpc) is 2.69. The number of halogens is 2. The molecule has 1 amide bonds. The fourth-order valence-electron chi connectivity index (χ4n) is 2.25. The van der Waals surface area contributed by atoms with Crippen LogP contribution < -0.4 is 10.1 Å². The van der Waals surface area contributed by atoms with E-state index in [1.54, 1.807) is 24.3 Å². The van der Waals surface area contributed by atoms with E-state index in [2.05, 4.69) is 21.2 Å². The highest BCUT2D eigenvalue weighted by Crippen LogP contribution is 2.33. The standard InChI is InChI=1S/C16H13BrFNO2/c17-15(10-1-4-12(18)5-2-10)11-3-6-14-13(9-11)16(20)19-7-8-21-14/h1-6,9,15H,7-8H2,(H,19,20). The summed E-state index contributed by atoms with van der Waals surface area (Å²) in [6.45, 7) is 0.965. The van der Waals surface area contributed by atoms with Gasteiger partial charge in [-0.25, -0.2) is 4.39 Å². The van der Waals surface area contributed by atoms with E-state index in [0.29, 0.717) is 24.5 Å². The van der Waals surface area contributed by atoms with E-state index in [-0.39, 0.29) is 16.6 Å². The van der Waals surface area contributed by atoms with E-state index in [1.807, 2.05) is 6.07 Å². The maximum Gasteiger partial charge on any atom is 0.255 e. The summed E-state index contributed by atoms with van der Waals surface area (Å²) in [7, 11) is 0. The van der Waals surface area contributed by atoms with Crippen molar-refractivity contribution in [2.24, 2.45) is 0 Å². The predicted molar refractivity (Wildman–Crippen MR) is 81.4 cm³/mol. The molecule has 1 aliphatic rings. The van der Waals surface area contributed by atoms with E-state index in [0.717, 1.165) is 11.1 Å². The molecule has 1 unspecified atom stereocenters. The van der Waals surface area contributed by atoms with Gasteiger partial charge in [-0.2, -0.15) is 0 Å². The highest BCUT2D eigenvalue weighted by Gasteiger charge is 2.19. The Morgan fingerprint density at radius 2 is 1.86 bits per heavy atom. The SMILES string of the molecule is O=C1NCCOc2ccc(C(Br)c3ccc(F)cc3)cc21. The molecule has 1 heterocycles. The molecule has 0 aromatic heterocycles. The van der Waals surface area contributed by atoms with Crippen LogP contribution in [0.25, 0.3) is 0 Å². The number of benzene rings is 2. The Labute approximate surface area is 130 Å². The van der Waals surface area contributed by atoms with Crippen molar-refractivity contribution in [2.45, 2.75) is 4.83 Å². The average molecular weight is 350 g/mol. The normalized spacial score (nSPS) is 15.4. The fourth-order valence-corrected chi connectivity index (χ4v) is 2.84. The number of ether oxygens (including phenoxy) is 1. The third kappa shape index (κ3) is 2.93. The number of alkyl halides is 1. The van der Waals surface area contributed by atoms with Crippen molar-refractivity contribution in [2.75, 3.05) is 13.2 Å². The summed E-state index contributed by atoms with van der Waals surface area (Å²) in [5.74, 6) is 0.184. The molecule has 0 radical (unpaired) electrons. The van der Waals surface area contributed by atoms with E-state index < -0.39 is 0 Å². The smallest absolute Gasteiger partial charge is 0.255 e. The Morgan fingerprint density at radius 3 is 2.62 bits per heavy atom. The zero-order valence-corrected chi connectivity index (χ0v) is 12.7. The molecule has 1 atom stereocenters. The van der Waals surface area contributed by atoms with Crippen LogP contribution in [0.3, 0.4) is 0 Å². The molecule has 2 aromatic carbocycles. The number of hydrogen-bond donors (Lipinski definition) is 1. The predicted octanol–water partition coefficient (Wildman–Crippen LogP) is 3.43. The van der Waals surface area contributed by atoms with Crippen LogP contribution in [0.5, 0.6) is 5.75 Å². The number of nitrogens with one attached hydrogen (secondary N) is 1. The minimum atomic E-state index is -0.270. The summed E-state index contributed by atoms with van der Waals surface area (Å²) in [4.78, 5) is 11.9. The van der Waals surface area contributed by atoms with Gasteiger partial charge in [0.2, 0.25) is 0 Å². The minimum Gasteiger partial charge on any atom is -0.491 e. The van der Waals surface area contributed by atoms with Gasteiger partial charge in [-0.05, 0) is 35.4 Å². The van der Waals surface area contributed by atoms with E-state index >= 15 is 0 Å². The van der Waals surface area contributed by atoms with Gasteiger partial charge < -0.3 is 10.1 Å². The first-order chi connectivity index (χ1) is 10.1. The molecule has 2 aromatic rings. The second kappa shape index (κ2) is 5.85. The third-order valence-corrected chi connectivity index (χ3v) is 4.41. The van der Waals surface area contributed by atoms with E-state index in [9.17, 15) is 9.18 Å². The number of rotatable bonds is 2. The van der Waals surface area contributed by atoms with Gasteiger partial charge in [0.1, 0.15) is 18.2 Å². The monoisotopic (exact) mass is 349 g/mol. The lowest BCUT2D eigenvalue weighted by atomic mass is 10.0. The van der Waals surface area contributed by atoms with Crippen molar-refractivity contribution >= 4 is 21.8 Å². The van der Waals surface area contributed by atoms with E-state index in [1.165, 1.54) is 12.1 Å². The van der Waals surface area contributed by atoms with Crippen LogP contribution >= 0.6 is 15.9 Å². The highest BCUT2D eigenvalue weighted by atomic mass is 79.9. The molecule has 108 valence electrons. The Kier molecular flexibility index (Phi) is 3.92. The molecule has 3 rings (SSSR count). The van der Waals surface area contributed by atoms with Gasteiger partial charge >= 0.3 is 0 Å². The first-order valence-corrected chi connectivity index (χ1v) is 7.51. The first-order valence-electron chi connectivity index (χ1n) is 6.59. The molecule has 0 spiro atoms. The van der Waals surface area contributed by atoms with Crippen molar-refractivity contribution in [3.8, 4) is 5.75 Å². The van der Waals surface area contributed by atoms with Crippen LogP contribution in [0.2, 0.25) is 0 Å². The Morgan fingerprint density at radius 1 is 1.14 bits per heavy atom. The second-order valence-electron chi connectivity index (χ2n) is 4.77. The number of amides is 1. The third-order valence-electron chi connectivity index (χ3n) is 3.35. The van der Waals surface area contributed by atoms with Gasteiger partial charge in [0.15, 0.2) is 0 Å². The van der Waals surface area contributed by atoms with Crippen LogP contribution in [0.15, 0.2) is 42.5 Å². The van der Waals surface area contributed by atoms with Crippen LogP contribution in [-0.4, -0.2) is 19.1 Å². The molecular formula is C16H13BrFNO2. The van der Waals surface area contributed by atoms with Gasteiger partial charge in [0, 0.05) is 0 Å². The van der Waals surface area contributed by atoms with Gasteiger partial charge in [-0.3, -0.25) is 4.79 Å². The largest absolute Gasteiger partial charge is 0.491 e. The van der Waals surface area contributed by atoms with Gasteiger partial charge in [0.05, 0.1) is 16.9 Å². The maximum absolute atomic E-state index is 13.0. The van der Waals surface area contributed by atoms with Crippen LogP contribution in [0.1, 0.15) is 26.3 Å². The summed E-state index contributed by atoms with van der Waals surface area (Å²) < 4.78 is 18.5. The van der Waals surface area contributed by atoms with Crippen molar-refractivity contribution in [3.63, 3.8) is 0 Å². The number of carbonyl (C=O) groups is 1. The molecule has 1 aliphatic heterocycles. The molecule has 21 heavy (non-hydrogen) atoms. The van der Waals surface area contributed by atoms with Crippen molar-refractivity contribution < 1.29 is 13.9 Å². The van der Waals surface area contributed by atoms with Gasteiger partial charge in [0.25, 0.3) is 5.91 Å². The molecule has 0 saturated heterocycles. The van der Waals surface area contributed by atoms with E-state index in [4.69, 9.17) is 4.74 Å². The highest BCUT2D eigenvalue weighted by molar-refractivity contribution is 9.09. The van der Waals surface area contributed by atoms with Crippen molar-refractivity contribution in [1.29, 1.82) is 0 Å². The second-order valence-corrected chi connectivity index (χ2v) is 5.69. The number of carbonyl (C=O) groups excluding carboxylic acids is 1. The molecule has 0 fully saturated rings. The topological polar surface area (TPSA) is 38.3 Å². The molecule has 1 N–H and O–H groups in total. The zero-order valence-electron chi connectivity index (χ0n) is 11.1. The summed E-state index contributed by atoms with van der Waals surface area (Å²) in [5.41, 5.74) is 2.36. The Balaban J connectivity index is 1.96. The lowest BCUT2D eigenvalue weighted by Crippen LogP contribution is -2.24. The molecule has 5 heteroatoms. The molecule has 0 bridgehead atoms. The Hall–Kier alpha value is -1.88. The van der Waals surface area contributed by atoms with Crippen LogP contribution in [-0.2, 0) is 0 Å². The molecule has 0 aliphatic carbocycles. The van der Waals surface area contributed by atoms with Gasteiger partial charge in [-0.1, -0.05) is 34.1 Å². The quantitative estimate of drug-likeness (QED) is 0.843. The number of hydrogen-bond acceptors (Lipinski definition) is 2. The summed E-state index contributed by atoms with van der Waals surface area (Å²) in [6, 6.07) is 11.8. The van der Waals surface area contributed by atoms with Crippen molar-refractivity contribution in [3.05, 3.63) is 65.0 Å². The molecular weight excluding hydrogens is 337 g/mol. The zero-order chi connectivity index (χ0) is 14.8. The first kappa shape index (κ1) is 14.1. The summed E-state index contributed by atoms with van der Waals surface area (Å²) in [5, 5.41) is 2.79. The summed E-state index contributed by atoms with van der Waals surface area (Å²) in [6.07, 6.45) is 0. The van der Waals surface area contributed by atoms with Crippen LogP contribution in [0, 0.1) is 5.82 Å². The lowest BCUT2D eigenvalue weighted by molar-refractivity contribution is 0.0957. The molecule has 3 nitrogen and oxygen atoms in total. The molecule has 0 saturated carbocycles.